The van der Waals surface area contributed by atoms with Crippen molar-refractivity contribution in [1.82, 2.24) is 0 Å². The maximum absolute atomic E-state index is 9.25. The largest absolute Gasteiger partial charge is 0.457 e. The Morgan fingerprint density at radius 2 is 2.00 bits per heavy atom. The van der Waals surface area contributed by atoms with Crippen LogP contribution in [0.15, 0.2) is 46.9 Å². The lowest BCUT2D eigenvalue weighted by Crippen LogP contribution is -1.91. The van der Waals surface area contributed by atoms with Gasteiger partial charge in [-0.2, -0.15) is 0 Å². The smallest absolute Gasteiger partial charge is 0.133 e. The van der Waals surface area contributed by atoms with Crippen LogP contribution in [0.3, 0.4) is 0 Å². The lowest BCUT2D eigenvalue weighted by atomic mass is 10.2. The topological polar surface area (TPSA) is 29.5 Å². The third-order valence-corrected chi connectivity index (χ3v) is 2.95. The highest BCUT2D eigenvalue weighted by atomic mass is 79.9. The van der Waals surface area contributed by atoms with Gasteiger partial charge < -0.3 is 9.84 Å². The highest BCUT2D eigenvalue weighted by molar-refractivity contribution is 9.10. The fourth-order valence-corrected chi connectivity index (χ4v) is 2.02. The number of hydrogen-bond acceptors (Lipinski definition) is 2. The van der Waals surface area contributed by atoms with Gasteiger partial charge in [-0.05, 0) is 36.4 Å². The van der Waals surface area contributed by atoms with Gasteiger partial charge in [-0.3, -0.25) is 0 Å². The molecule has 0 radical (unpaired) electrons. The van der Waals surface area contributed by atoms with E-state index in [2.05, 4.69) is 15.9 Å². The van der Waals surface area contributed by atoms with Crippen LogP contribution < -0.4 is 4.74 Å². The number of aliphatic hydroxyl groups excluding tert-OH is 1. The first-order chi connectivity index (χ1) is 8.19. The van der Waals surface area contributed by atoms with Gasteiger partial charge in [0.25, 0.3) is 0 Å². The average molecular weight is 314 g/mol. The normalized spacial score (nSPS) is 10.3. The third kappa shape index (κ3) is 3.22. The molecule has 17 heavy (non-hydrogen) atoms. The van der Waals surface area contributed by atoms with E-state index in [9.17, 15) is 5.11 Å². The molecule has 2 aromatic carbocycles. The van der Waals surface area contributed by atoms with Crippen molar-refractivity contribution in [2.45, 2.75) is 6.61 Å². The lowest BCUT2D eigenvalue weighted by Gasteiger charge is -2.10. The van der Waals surface area contributed by atoms with Crippen molar-refractivity contribution >= 4 is 27.5 Å². The molecule has 0 atom stereocenters. The molecular weight excluding hydrogens is 303 g/mol. The van der Waals surface area contributed by atoms with Gasteiger partial charge >= 0.3 is 0 Å². The summed E-state index contributed by atoms with van der Waals surface area (Å²) < 4.78 is 6.57. The molecule has 0 saturated heterocycles. The fraction of sp³-hybridized carbons (Fsp3) is 0.0769. The van der Waals surface area contributed by atoms with Crippen LogP contribution in [0.1, 0.15) is 5.56 Å². The molecular formula is C13H10BrClO2. The second kappa shape index (κ2) is 5.54. The molecule has 0 bridgehead atoms. The molecule has 2 aromatic rings. The molecule has 0 unspecified atom stereocenters. The zero-order valence-corrected chi connectivity index (χ0v) is 11.2. The molecule has 4 heteroatoms. The summed E-state index contributed by atoms with van der Waals surface area (Å²) in [7, 11) is 0. The number of halogens is 2. The molecule has 0 aromatic heterocycles. The van der Waals surface area contributed by atoms with E-state index in [1.165, 1.54) is 0 Å². The summed E-state index contributed by atoms with van der Waals surface area (Å²) in [6.45, 7) is -0.0741. The first-order valence-corrected chi connectivity index (χ1v) is 6.19. The Morgan fingerprint density at radius 1 is 1.18 bits per heavy atom. The molecule has 0 amide bonds. The monoisotopic (exact) mass is 312 g/mol. The van der Waals surface area contributed by atoms with E-state index in [4.69, 9.17) is 16.3 Å². The van der Waals surface area contributed by atoms with Gasteiger partial charge in [0.15, 0.2) is 0 Å². The standard InChI is InChI=1S/C13H10BrClO2/c14-10-4-5-13(9(6-10)8-16)17-12-3-1-2-11(15)7-12/h1-7,16H,8H2. The quantitative estimate of drug-likeness (QED) is 0.911. The van der Waals surface area contributed by atoms with E-state index >= 15 is 0 Å². The summed E-state index contributed by atoms with van der Waals surface area (Å²) in [6.07, 6.45) is 0. The van der Waals surface area contributed by atoms with Crippen molar-refractivity contribution in [2.24, 2.45) is 0 Å². The Kier molecular flexibility index (Phi) is 4.05. The van der Waals surface area contributed by atoms with Gasteiger partial charge in [0.2, 0.25) is 0 Å². The molecule has 1 N–H and O–H groups in total. The summed E-state index contributed by atoms with van der Waals surface area (Å²) in [5.74, 6) is 1.27. The van der Waals surface area contributed by atoms with E-state index in [0.717, 1.165) is 10.0 Å². The maximum atomic E-state index is 9.25. The average Bonchev–Trinajstić information content (AvgIpc) is 2.31. The molecule has 0 aliphatic rings. The summed E-state index contributed by atoms with van der Waals surface area (Å²) >= 11 is 9.22. The van der Waals surface area contributed by atoms with Crippen molar-refractivity contribution in [3.63, 3.8) is 0 Å². The second-order valence-corrected chi connectivity index (χ2v) is 4.82. The highest BCUT2D eigenvalue weighted by Gasteiger charge is 2.05. The van der Waals surface area contributed by atoms with Crippen LogP contribution >= 0.6 is 27.5 Å². The summed E-state index contributed by atoms with van der Waals surface area (Å²) in [5, 5.41) is 9.86. The minimum atomic E-state index is -0.0741. The Bertz CT molecular complexity index is 529. The van der Waals surface area contributed by atoms with Gasteiger partial charge in [-0.25, -0.2) is 0 Å². The lowest BCUT2D eigenvalue weighted by molar-refractivity contribution is 0.276. The maximum Gasteiger partial charge on any atom is 0.133 e. The van der Waals surface area contributed by atoms with Gasteiger partial charge in [0.1, 0.15) is 11.5 Å². The predicted octanol–water partition coefficient (Wildman–Crippen LogP) is 4.39. The Labute approximate surface area is 113 Å². The van der Waals surface area contributed by atoms with E-state index < -0.39 is 0 Å². The first kappa shape index (κ1) is 12.4. The van der Waals surface area contributed by atoms with Crippen molar-refractivity contribution in [3.8, 4) is 11.5 Å². The molecule has 0 heterocycles. The number of hydrogen-bond donors (Lipinski definition) is 1. The number of ether oxygens (including phenoxy) is 1. The van der Waals surface area contributed by atoms with Crippen molar-refractivity contribution in [2.75, 3.05) is 0 Å². The molecule has 0 aliphatic heterocycles. The minimum Gasteiger partial charge on any atom is -0.457 e. The molecule has 2 rings (SSSR count). The van der Waals surface area contributed by atoms with Gasteiger partial charge in [-0.1, -0.05) is 33.6 Å². The van der Waals surface area contributed by atoms with Crippen LogP contribution in [0, 0.1) is 0 Å². The van der Waals surface area contributed by atoms with E-state index in [-0.39, 0.29) is 6.61 Å². The molecule has 0 saturated carbocycles. The molecule has 2 nitrogen and oxygen atoms in total. The Morgan fingerprint density at radius 3 is 2.71 bits per heavy atom. The number of rotatable bonds is 3. The highest BCUT2D eigenvalue weighted by Crippen LogP contribution is 2.29. The van der Waals surface area contributed by atoms with Crippen LogP contribution in [0.4, 0.5) is 0 Å². The van der Waals surface area contributed by atoms with E-state index in [1.807, 2.05) is 24.3 Å². The van der Waals surface area contributed by atoms with Gasteiger partial charge in [0, 0.05) is 15.1 Å². The SMILES string of the molecule is OCc1cc(Br)ccc1Oc1cccc(Cl)c1. The molecule has 0 aliphatic carbocycles. The summed E-state index contributed by atoms with van der Waals surface area (Å²) in [6, 6.07) is 12.6. The molecule has 0 spiro atoms. The predicted molar refractivity (Wildman–Crippen MR) is 71.6 cm³/mol. The zero-order valence-electron chi connectivity index (χ0n) is 8.86. The molecule has 88 valence electrons. The fourth-order valence-electron chi connectivity index (χ4n) is 1.43. The number of benzene rings is 2. The minimum absolute atomic E-state index is 0.0741. The van der Waals surface area contributed by atoms with Gasteiger partial charge in [-0.15, -0.1) is 0 Å². The van der Waals surface area contributed by atoms with Crippen LogP contribution in [-0.2, 0) is 6.61 Å². The van der Waals surface area contributed by atoms with Gasteiger partial charge in [0.05, 0.1) is 6.61 Å². The second-order valence-electron chi connectivity index (χ2n) is 3.47. The van der Waals surface area contributed by atoms with Crippen LogP contribution in [0.25, 0.3) is 0 Å². The summed E-state index contributed by atoms with van der Waals surface area (Å²) in [4.78, 5) is 0. The number of aliphatic hydroxyl groups is 1. The molecule has 0 fully saturated rings. The van der Waals surface area contributed by atoms with Crippen molar-refractivity contribution in [3.05, 3.63) is 57.5 Å². The first-order valence-electron chi connectivity index (χ1n) is 5.02. The Hall–Kier alpha value is -1.03. The zero-order chi connectivity index (χ0) is 12.3. The van der Waals surface area contributed by atoms with Crippen molar-refractivity contribution < 1.29 is 9.84 Å². The van der Waals surface area contributed by atoms with Crippen LogP contribution in [0.2, 0.25) is 5.02 Å². The van der Waals surface area contributed by atoms with Crippen LogP contribution in [0.5, 0.6) is 11.5 Å². The van der Waals surface area contributed by atoms with E-state index in [0.29, 0.717) is 16.5 Å². The third-order valence-electron chi connectivity index (χ3n) is 2.22. The van der Waals surface area contributed by atoms with Crippen molar-refractivity contribution in [1.29, 1.82) is 0 Å². The van der Waals surface area contributed by atoms with Crippen LogP contribution in [-0.4, -0.2) is 5.11 Å². The van der Waals surface area contributed by atoms with E-state index in [1.54, 1.807) is 18.2 Å². The Balaban J connectivity index is 2.29. The summed E-state index contributed by atoms with van der Waals surface area (Å²) in [5.41, 5.74) is 0.722.